The van der Waals surface area contributed by atoms with Gasteiger partial charge in [-0.2, -0.15) is 0 Å². The molecule has 0 bridgehead atoms. The van der Waals surface area contributed by atoms with E-state index in [1.165, 1.54) is 17.8 Å². The van der Waals surface area contributed by atoms with Crippen molar-refractivity contribution in [2.75, 3.05) is 13.2 Å². The minimum absolute atomic E-state index is 0.223. The third kappa shape index (κ3) is 3.04. The van der Waals surface area contributed by atoms with Crippen LogP contribution < -0.4 is 4.74 Å². The highest BCUT2D eigenvalue weighted by molar-refractivity contribution is 7.15. The maximum absolute atomic E-state index is 10.5. The second-order valence-corrected chi connectivity index (χ2v) is 4.65. The maximum Gasteiger partial charge on any atom is 0.174 e. The van der Waals surface area contributed by atoms with Crippen LogP contribution in [0.4, 0.5) is 0 Å². The predicted octanol–water partition coefficient (Wildman–Crippen LogP) is 2.51. The van der Waals surface area contributed by atoms with Gasteiger partial charge in [0.2, 0.25) is 0 Å². The SMILES string of the molecule is O=Cc1ccc(OCC2CCCCO2)s1. The summed E-state index contributed by atoms with van der Waals surface area (Å²) in [6.45, 7) is 1.44. The van der Waals surface area contributed by atoms with E-state index in [4.69, 9.17) is 9.47 Å². The van der Waals surface area contributed by atoms with Crippen molar-refractivity contribution in [3.8, 4) is 5.06 Å². The van der Waals surface area contributed by atoms with Crippen molar-refractivity contribution >= 4 is 17.6 Å². The summed E-state index contributed by atoms with van der Waals surface area (Å²) < 4.78 is 11.1. The quantitative estimate of drug-likeness (QED) is 0.740. The van der Waals surface area contributed by atoms with Crippen molar-refractivity contribution in [3.05, 3.63) is 17.0 Å². The largest absolute Gasteiger partial charge is 0.481 e. The molecule has 0 saturated carbocycles. The summed E-state index contributed by atoms with van der Waals surface area (Å²) in [5, 5.41) is 0.797. The molecule has 1 unspecified atom stereocenters. The smallest absolute Gasteiger partial charge is 0.174 e. The summed E-state index contributed by atoms with van der Waals surface area (Å²) in [7, 11) is 0. The molecule has 2 rings (SSSR count). The second-order valence-electron chi connectivity index (χ2n) is 3.57. The lowest BCUT2D eigenvalue weighted by molar-refractivity contribution is -0.0103. The Morgan fingerprint density at radius 3 is 3.13 bits per heavy atom. The zero-order valence-electron chi connectivity index (χ0n) is 8.48. The van der Waals surface area contributed by atoms with Gasteiger partial charge < -0.3 is 9.47 Å². The number of aldehydes is 1. The number of hydrogen-bond acceptors (Lipinski definition) is 4. The molecule has 2 heterocycles. The van der Waals surface area contributed by atoms with E-state index in [-0.39, 0.29) is 6.10 Å². The molecule has 0 aliphatic carbocycles. The highest BCUT2D eigenvalue weighted by Crippen LogP contribution is 2.24. The van der Waals surface area contributed by atoms with Gasteiger partial charge in [0.15, 0.2) is 11.3 Å². The van der Waals surface area contributed by atoms with Gasteiger partial charge in [0.05, 0.1) is 11.0 Å². The molecule has 1 aromatic heterocycles. The number of rotatable bonds is 4. The Bertz CT molecular complexity index is 315. The van der Waals surface area contributed by atoms with Crippen molar-refractivity contribution in [1.29, 1.82) is 0 Å². The maximum atomic E-state index is 10.5. The molecule has 1 aliphatic rings. The molecule has 0 spiro atoms. The van der Waals surface area contributed by atoms with Crippen LogP contribution in [-0.4, -0.2) is 25.6 Å². The van der Waals surface area contributed by atoms with Crippen LogP contribution in [0.2, 0.25) is 0 Å². The topological polar surface area (TPSA) is 35.5 Å². The van der Waals surface area contributed by atoms with Gasteiger partial charge in [0.25, 0.3) is 0 Å². The van der Waals surface area contributed by atoms with E-state index in [9.17, 15) is 4.79 Å². The molecular formula is C11H14O3S. The van der Waals surface area contributed by atoms with Gasteiger partial charge in [-0.25, -0.2) is 0 Å². The first-order valence-electron chi connectivity index (χ1n) is 5.18. The minimum Gasteiger partial charge on any atom is -0.481 e. The Hall–Kier alpha value is -0.870. The zero-order valence-corrected chi connectivity index (χ0v) is 9.29. The van der Waals surface area contributed by atoms with Crippen molar-refractivity contribution < 1.29 is 14.3 Å². The van der Waals surface area contributed by atoms with Gasteiger partial charge in [-0.1, -0.05) is 11.3 Å². The Morgan fingerprint density at radius 2 is 2.47 bits per heavy atom. The number of carbonyl (C=O) groups is 1. The lowest BCUT2D eigenvalue weighted by Gasteiger charge is -2.22. The van der Waals surface area contributed by atoms with Crippen molar-refractivity contribution in [2.45, 2.75) is 25.4 Å². The summed E-state index contributed by atoms with van der Waals surface area (Å²) in [6.07, 6.45) is 4.52. The Kier molecular flexibility index (Phi) is 3.75. The van der Waals surface area contributed by atoms with Gasteiger partial charge in [-0.15, -0.1) is 0 Å². The number of carbonyl (C=O) groups excluding carboxylic acids is 1. The molecule has 1 atom stereocenters. The number of ether oxygens (including phenoxy) is 2. The van der Waals surface area contributed by atoms with Crippen LogP contribution in [0.1, 0.15) is 28.9 Å². The summed E-state index contributed by atoms with van der Waals surface area (Å²) in [5.74, 6) is 0. The molecular weight excluding hydrogens is 212 g/mol. The van der Waals surface area contributed by atoms with E-state index < -0.39 is 0 Å². The van der Waals surface area contributed by atoms with Gasteiger partial charge in [0, 0.05) is 6.61 Å². The molecule has 4 heteroatoms. The fraction of sp³-hybridized carbons (Fsp3) is 0.545. The predicted molar refractivity (Wildman–Crippen MR) is 58.8 cm³/mol. The summed E-state index contributed by atoms with van der Waals surface area (Å²) >= 11 is 1.38. The molecule has 0 radical (unpaired) electrons. The van der Waals surface area contributed by atoms with Gasteiger partial charge in [-0.3, -0.25) is 4.79 Å². The average Bonchev–Trinajstić information content (AvgIpc) is 2.76. The highest BCUT2D eigenvalue weighted by Gasteiger charge is 2.14. The molecule has 0 N–H and O–H groups in total. The summed E-state index contributed by atoms with van der Waals surface area (Å²) in [6, 6.07) is 3.60. The fourth-order valence-corrected chi connectivity index (χ4v) is 2.27. The fourth-order valence-electron chi connectivity index (χ4n) is 1.59. The van der Waals surface area contributed by atoms with Gasteiger partial charge >= 0.3 is 0 Å². The molecule has 0 aromatic carbocycles. The van der Waals surface area contributed by atoms with Crippen LogP contribution >= 0.6 is 11.3 Å². The van der Waals surface area contributed by atoms with Gasteiger partial charge in [0.1, 0.15) is 6.61 Å². The highest BCUT2D eigenvalue weighted by atomic mass is 32.1. The standard InChI is InChI=1S/C11H14O3S/c12-7-10-4-5-11(15-10)14-8-9-3-1-2-6-13-9/h4-5,7,9H,1-3,6,8H2. The molecule has 0 amide bonds. The lowest BCUT2D eigenvalue weighted by Crippen LogP contribution is -2.25. The van der Waals surface area contributed by atoms with E-state index >= 15 is 0 Å². The van der Waals surface area contributed by atoms with Crippen molar-refractivity contribution in [2.24, 2.45) is 0 Å². The minimum atomic E-state index is 0.223. The normalized spacial score (nSPS) is 21.2. The first-order chi connectivity index (χ1) is 7.38. The van der Waals surface area contributed by atoms with E-state index in [1.807, 2.05) is 6.07 Å². The first-order valence-corrected chi connectivity index (χ1v) is 5.99. The Balaban J connectivity index is 1.79. The van der Waals surface area contributed by atoms with E-state index in [0.717, 1.165) is 30.8 Å². The third-order valence-electron chi connectivity index (χ3n) is 2.40. The third-order valence-corrected chi connectivity index (χ3v) is 3.33. The Labute approximate surface area is 93.0 Å². The van der Waals surface area contributed by atoms with E-state index in [2.05, 4.69) is 0 Å². The molecule has 1 saturated heterocycles. The van der Waals surface area contributed by atoms with Crippen LogP contribution in [0.3, 0.4) is 0 Å². The molecule has 1 aliphatic heterocycles. The second kappa shape index (κ2) is 5.28. The van der Waals surface area contributed by atoms with Gasteiger partial charge in [-0.05, 0) is 31.4 Å². The zero-order chi connectivity index (χ0) is 10.5. The van der Waals surface area contributed by atoms with Crippen LogP contribution in [0, 0.1) is 0 Å². The molecule has 15 heavy (non-hydrogen) atoms. The lowest BCUT2D eigenvalue weighted by atomic mass is 10.1. The molecule has 1 fully saturated rings. The monoisotopic (exact) mass is 226 g/mol. The van der Waals surface area contributed by atoms with Crippen LogP contribution in [0.25, 0.3) is 0 Å². The van der Waals surface area contributed by atoms with E-state index in [0.29, 0.717) is 11.5 Å². The van der Waals surface area contributed by atoms with Crippen LogP contribution in [0.5, 0.6) is 5.06 Å². The van der Waals surface area contributed by atoms with E-state index in [1.54, 1.807) is 6.07 Å². The number of thiophene rings is 1. The Morgan fingerprint density at radius 1 is 1.53 bits per heavy atom. The first kappa shape index (κ1) is 10.6. The molecule has 3 nitrogen and oxygen atoms in total. The van der Waals surface area contributed by atoms with Crippen LogP contribution in [-0.2, 0) is 4.74 Å². The summed E-state index contributed by atoms with van der Waals surface area (Å²) in [4.78, 5) is 11.2. The van der Waals surface area contributed by atoms with Crippen LogP contribution in [0.15, 0.2) is 12.1 Å². The molecule has 1 aromatic rings. The molecule has 82 valence electrons. The number of hydrogen-bond donors (Lipinski definition) is 0. The summed E-state index contributed by atoms with van der Waals surface area (Å²) in [5.41, 5.74) is 0. The average molecular weight is 226 g/mol. The van der Waals surface area contributed by atoms with Crippen molar-refractivity contribution in [1.82, 2.24) is 0 Å². The van der Waals surface area contributed by atoms with Crippen molar-refractivity contribution in [3.63, 3.8) is 0 Å².